The lowest BCUT2D eigenvalue weighted by Crippen LogP contribution is -2.54. The minimum Gasteiger partial charge on any atom is -0.458 e. The number of carbonyl (C=O) groups is 3. The molecule has 0 saturated heterocycles. The molecule has 4 heteroatoms. The molecule has 0 heterocycles. The molecule has 0 amide bonds. The fraction of sp³-hybridized carbons (Fsp3) is 0.773. The van der Waals surface area contributed by atoms with Crippen LogP contribution in [-0.2, 0) is 19.1 Å². The van der Waals surface area contributed by atoms with Crippen molar-refractivity contribution in [1.82, 2.24) is 0 Å². The number of carbonyl (C=O) groups excluding carboxylic acids is 3. The van der Waals surface area contributed by atoms with Gasteiger partial charge in [-0.1, -0.05) is 20.8 Å². The summed E-state index contributed by atoms with van der Waals surface area (Å²) < 4.78 is 5.84. The molecule has 3 fully saturated rings. The van der Waals surface area contributed by atoms with E-state index in [0.29, 0.717) is 42.8 Å². The molecule has 0 aliphatic heterocycles. The third-order valence-corrected chi connectivity index (χ3v) is 8.23. The molecule has 0 radical (unpaired) electrons. The van der Waals surface area contributed by atoms with Crippen molar-refractivity contribution in [1.29, 1.82) is 0 Å². The van der Waals surface area contributed by atoms with Gasteiger partial charge in [0.2, 0.25) is 0 Å². The van der Waals surface area contributed by atoms with Crippen LogP contribution in [0.2, 0.25) is 0 Å². The van der Waals surface area contributed by atoms with E-state index in [1.165, 1.54) is 0 Å². The van der Waals surface area contributed by atoms with Gasteiger partial charge in [0.05, 0.1) is 0 Å². The molecule has 0 aromatic rings. The zero-order chi connectivity index (χ0) is 18.7. The highest BCUT2D eigenvalue weighted by Gasteiger charge is 2.61. The second-order valence-electron chi connectivity index (χ2n) is 9.35. The summed E-state index contributed by atoms with van der Waals surface area (Å²) in [5.41, 5.74) is 0.773. The van der Waals surface area contributed by atoms with Crippen LogP contribution < -0.4 is 0 Å². The minimum atomic E-state index is -0.295. The number of Topliss-reactive ketones (excluding diaryl/α,β-unsaturated/α-hetero) is 1. The van der Waals surface area contributed by atoms with E-state index in [-0.39, 0.29) is 28.7 Å². The van der Waals surface area contributed by atoms with Crippen molar-refractivity contribution in [3.05, 3.63) is 11.6 Å². The van der Waals surface area contributed by atoms with Crippen molar-refractivity contribution >= 4 is 17.5 Å². The molecule has 0 unspecified atom stereocenters. The Kier molecular flexibility index (Phi) is 4.16. The van der Waals surface area contributed by atoms with Crippen LogP contribution in [0.15, 0.2) is 11.6 Å². The summed E-state index contributed by atoms with van der Waals surface area (Å²) >= 11 is 0. The first-order chi connectivity index (χ1) is 12.3. The normalized spacial score (nSPS) is 44.7. The average molecular weight is 358 g/mol. The number of fused-ring (bicyclic) bond motifs is 5. The third-order valence-electron chi connectivity index (χ3n) is 8.23. The third kappa shape index (κ3) is 2.44. The van der Waals surface area contributed by atoms with Gasteiger partial charge >= 0.3 is 5.97 Å². The summed E-state index contributed by atoms with van der Waals surface area (Å²) in [5.74, 6) is 1.68. The Morgan fingerprint density at radius 3 is 2.58 bits per heavy atom. The lowest BCUT2D eigenvalue weighted by atomic mass is 9.47. The molecule has 0 aromatic carbocycles. The fourth-order valence-electron chi connectivity index (χ4n) is 6.70. The van der Waals surface area contributed by atoms with Gasteiger partial charge in [-0.25, -0.2) is 0 Å². The quantitative estimate of drug-likeness (QED) is 0.700. The Morgan fingerprint density at radius 1 is 1.12 bits per heavy atom. The highest BCUT2D eigenvalue weighted by atomic mass is 16.5. The molecule has 26 heavy (non-hydrogen) atoms. The SMILES string of the molecule is CCC(=O)O[C@@H]1C[C@@H]2[C@H](CC[C@]3(C)C(=O)CC[C@@H]23)[C@@]2(C)CCC(=O)C=C12. The van der Waals surface area contributed by atoms with E-state index < -0.39 is 0 Å². The Hall–Kier alpha value is -1.45. The first-order valence-corrected chi connectivity index (χ1v) is 10.3. The summed E-state index contributed by atoms with van der Waals surface area (Å²) in [6.07, 6.45) is 7.71. The summed E-state index contributed by atoms with van der Waals surface area (Å²) in [4.78, 5) is 36.8. The number of ether oxygens (including phenoxy) is 1. The van der Waals surface area contributed by atoms with E-state index in [1.54, 1.807) is 13.0 Å². The Labute approximate surface area is 155 Å². The summed E-state index contributed by atoms with van der Waals surface area (Å²) in [5, 5.41) is 0. The van der Waals surface area contributed by atoms with Crippen molar-refractivity contribution in [3.8, 4) is 0 Å². The number of ketones is 2. The van der Waals surface area contributed by atoms with Crippen molar-refractivity contribution in [2.75, 3.05) is 0 Å². The van der Waals surface area contributed by atoms with Gasteiger partial charge in [0.1, 0.15) is 11.9 Å². The van der Waals surface area contributed by atoms with Gasteiger partial charge in [-0.05, 0) is 66.9 Å². The lowest BCUT2D eigenvalue weighted by Gasteiger charge is -2.58. The lowest BCUT2D eigenvalue weighted by molar-refractivity contribution is -0.156. The summed E-state index contributed by atoms with van der Waals surface area (Å²) in [6.45, 7) is 6.24. The summed E-state index contributed by atoms with van der Waals surface area (Å²) in [6, 6.07) is 0. The molecule has 4 aliphatic rings. The standard InChI is InChI=1S/C22H30O4/c1-4-20(25)26-18-12-14-15-5-6-19(24)22(15,3)10-8-16(14)21(2)9-7-13(23)11-17(18)21/h11,14-16,18H,4-10,12H2,1-3H3/t14-,15-,16-,18+,21+,22-/m0/s1. The minimum absolute atomic E-state index is 0.0809. The van der Waals surface area contributed by atoms with Gasteiger partial charge in [-0.15, -0.1) is 0 Å². The van der Waals surface area contributed by atoms with E-state index in [0.717, 1.165) is 37.7 Å². The van der Waals surface area contributed by atoms with E-state index in [9.17, 15) is 14.4 Å². The second kappa shape index (κ2) is 6.03. The molecule has 3 saturated carbocycles. The van der Waals surface area contributed by atoms with Crippen LogP contribution in [-0.4, -0.2) is 23.6 Å². The molecular weight excluding hydrogens is 328 g/mol. The smallest absolute Gasteiger partial charge is 0.306 e. The maximum atomic E-state index is 12.6. The van der Waals surface area contributed by atoms with Crippen molar-refractivity contribution in [2.45, 2.75) is 78.2 Å². The predicted molar refractivity (Wildman–Crippen MR) is 97.3 cm³/mol. The Morgan fingerprint density at radius 2 is 1.85 bits per heavy atom. The Balaban J connectivity index is 1.73. The van der Waals surface area contributed by atoms with Gasteiger partial charge < -0.3 is 4.74 Å². The molecule has 4 nitrogen and oxygen atoms in total. The largest absolute Gasteiger partial charge is 0.458 e. The average Bonchev–Trinajstić information content (AvgIpc) is 2.91. The van der Waals surface area contributed by atoms with Crippen molar-refractivity contribution < 1.29 is 19.1 Å². The maximum absolute atomic E-state index is 12.6. The second-order valence-corrected chi connectivity index (χ2v) is 9.35. The van der Waals surface area contributed by atoms with Crippen LogP contribution in [0.25, 0.3) is 0 Å². The molecule has 0 spiro atoms. The molecule has 4 aliphatic carbocycles. The number of rotatable bonds is 2. The summed E-state index contributed by atoms with van der Waals surface area (Å²) in [7, 11) is 0. The first kappa shape index (κ1) is 17.9. The number of esters is 1. The van der Waals surface area contributed by atoms with Crippen LogP contribution in [0.1, 0.15) is 72.1 Å². The molecular formula is C22H30O4. The van der Waals surface area contributed by atoms with Crippen molar-refractivity contribution in [3.63, 3.8) is 0 Å². The van der Waals surface area contributed by atoms with Crippen LogP contribution in [0.5, 0.6) is 0 Å². The number of hydrogen-bond acceptors (Lipinski definition) is 4. The fourth-order valence-corrected chi connectivity index (χ4v) is 6.70. The highest BCUT2D eigenvalue weighted by molar-refractivity contribution is 5.92. The van der Waals surface area contributed by atoms with E-state index >= 15 is 0 Å². The molecule has 142 valence electrons. The van der Waals surface area contributed by atoms with Gasteiger partial charge in [0.25, 0.3) is 0 Å². The predicted octanol–water partition coefficient (Wildman–Crippen LogP) is 4.02. The number of hydrogen-bond donors (Lipinski definition) is 0. The van der Waals surface area contributed by atoms with Crippen molar-refractivity contribution in [2.24, 2.45) is 28.6 Å². The van der Waals surface area contributed by atoms with E-state index in [2.05, 4.69) is 13.8 Å². The molecule has 0 N–H and O–H groups in total. The van der Waals surface area contributed by atoms with Gasteiger partial charge in [0.15, 0.2) is 5.78 Å². The van der Waals surface area contributed by atoms with Gasteiger partial charge in [-0.2, -0.15) is 0 Å². The van der Waals surface area contributed by atoms with Crippen LogP contribution in [0.3, 0.4) is 0 Å². The topological polar surface area (TPSA) is 60.4 Å². The molecule has 4 rings (SSSR count). The zero-order valence-corrected chi connectivity index (χ0v) is 16.2. The van der Waals surface area contributed by atoms with Gasteiger partial charge in [0, 0.05) is 24.7 Å². The van der Waals surface area contributed by atoms with Crippen LogP contribution >= 0.6 is 0 Å². The van der Waals surface area contributed by atoms with E-state index in [1.807, 2.05) is 0 Å². The highest BCUT2D eigenvalue weighted by Crippen LogP contribution is 2.64. The monoisotopic (exact) mass is 358 g/mol. The zero-order valence-electron chi connectivity index (χ0n) is 16.2. The van der Waals surface area contributed by atoms with E-state index in [4.69, 9.17) is 4.74 Å². The van der Waals surface area contributed by atoms with Crippen LogP contribution in [0, 0.1) is 28.6 Å². The van der Waals surface area contributed by atoms with Crippen LogP contribution in [0.4, 0.5) is 0 Å². The maximum Gasteiger partial charge on any atom is 0.306 e. The molecule has 6 atom stereocenters. The Bertz CT molecular complexity index is 692. The molecule has 0 aromatic heterocycles. The van der Waals surface area contributed by atoms with Gasteiger partial charge in [-0.3, -0.25) is 14.4 Å². The first-order valence-electron chi connectivity index (χ1n) is 10.3. The molecule has 0 bridgehead atoms.